The molecule has 1 heterocycles. The lowest BCUT2D eigenvalue weighted by Crippen LogP contribution is -2.13. The summed E-state index contributed by atoms with van der Waals surface area (Å²) in [7, 11) is 3.93. The summed E-state index contributed by atoms with van der Waals surface area (Å²) in [4.78, 5) is 15.3. The summed E-state index contributed by atoms with van der Waals surface area (Å²) in [6, 6.07) is 12.8. The molecular formula is C26H32BrClN2O3S. The lowest BCUT2D eigenvalue weighted by atomic mass is 10.0. The molecule has 2 aromatic carbocycles. The Morgan fingerprint density at radius 3 is 2.56 bits per heavy atom. The first-order valence-corrected chi connectivity index (χ1v) is 13.2. The first-order chi connectivity index (χ1) is 15.8. The predicted octanol–water partition coefficient (Wildman–Crippen LogP) is 7.10. The average Bonchev–Trinajstić information content (AvgIpc) is 3.57. The number of benzene rings is 2. The molecule has 3 aromatic rings. The highest BCUT2D eigenvalue weighted by molar-refractivity contribution is 9.10. The van der Waals surface area contributed by atoms with Crippen molar-refractivity contribution in [1.29, 1.82) is 0 Å². The maximum absolute atomic E-state index is 13.3. The van der Waals surface area contributed by atoms with Crippen LogP contribution in [0, 0.1) is 0 Å². The van der Waals surface area contributed by atoms with Crippen LogP contribution >= 0.6 is 40.1 Å². The molecule has 5 nitrogen and oxygen atoms in total. The summed E-state index contributed by atoms with van der Waals surface area (Å²) in [5, 5.41) is 12.1. The Morgan fingerprint density at radius 1 is 1.29 bits per heavy atom. The minimum atomic E-state index is -0.313. The van der Waals surface area contributed by atoms with Crippen molar-refractivity contribution in [2.45, 2.75) is 50.3 Å². The normalized spacial score (nSPS) is 14.3. The van der Waals surface area contributed by atoms with Gasteiger partial charge in [-0.1, -0.05) is 30.3 Å². The second-order valence-corrected chi connectivity index (χ2v) is 11.0. The van der Waals surface area contributed by atoms with Crippen LogP contribution in [0.2, 0.25) is 0 Å². The van der Waals surface area contributed by atoms with Gasteiger partial charge < -0.3 is 19.3 Å². The number of phenols is 1. The number of nitrogens with zero attached hydrogens (tertiary/aromatic N) is 2. The summed E-state index contributed by atoms with van der Waals surface area (Å²) in [6.07, 6.45) is 2.19. The molecule has 34 heavy (non-hydrogen) atoms. The minimum Gasteiger partial charge on any atom is -0.506 e. The van der Waals surface area contributed by atoms with Crippen LogP contribution in [0.4, 0.5) is 0 Å². The third-order valence-corrected chi connectivity index (χ3v) is 7.84. The molecule has 1 aliphatic carbocycles. The van der Waals surface area contributed by atoms with Gasteiger partial charge in [-0.15, -0.1) is 24.2 Å². The Morgan fingerprint density at radius 2 is 1.97 bits per heavy atom. The van der Waals surface area contributed by atoms with E-state index in [0.29, 0.717) is 35.0 Å². The molecule has 0 bridgehead atoms. The number of aromatic nitrogens is 1. The van der Waals surface area contributed by atoms with Gasteiger partial charge in [-0.2, -0.15) is 0 Å². The van der Waals surface area contributed by atoms with Crippen molar-refractivity contribution in [3.05, 3.63) is 63.3 Å². The number of fused-ring (bicyclic) bond motifs is 1. The minimum absolute atomic E-state index is 0. The van der Waals surface area contributed by atoms with E-state index in [1.807, 2.05) is 49.8 Å². The predicted molar refractivity (Wildman–Crippen MR) is 146 cm³/mol. The molecule has 0 radical (unpaired) electrons. The van der Waals surface area contributed by atoms with Crippen LogP contribution < -0.4 is 0 Å². The van der Waals surface area contributed by atoms with Crippen LogP contribution in [0.5, 0.6) is 5.75 Å². The lowest BCUT2D eigenvalue weighted by Gasteiger charge is -2.15. The SMILES string of the molecule is CCOC(=O)c1c(CSC(C)c2ccccc2)n(C2CC2)c2cc(Br)c(O)c(CN(C)C)c12.Cl. The summed E-state index contributed by atoms with van der Waals surface area (Å²) in [5.74, 6) is 0.563. The van der Waals surface area contributed by atoms with Crippen molar-refractivity contribution in [3.8, 4) is 5.75 Å². The van der Waals surface area contributed by atoms with Crippen LogP contribution in [0.25, 0.3) is 10.9 Å². The third-order valence-electron chi connectivity index (χ3n) is 6.03. The Bertz CT molecular complexity index is 1160. The number of hydrogen-bond donors (Lipinski definition) is 1. The fourth-order valence-electron chi connectivity index (χ4n) is 4.37. The van der Waals surface area contributed by atoms with Crippen LogP contribution in [-0.2, 0) is 17.0 Å². The number of hydrogen-bond acceptors (Lipinski definition) is 5. The number of ether oxygens (including phenoxy) is 1. The largest absolute Gasteiger partial charge is 0.506 e. The van der Waals surface area contributed by atoms with Crippen LogP contribution in [-0.4, -0.2) is 41.2 Å². The van der Waals surface area contributed by atoms with Gasteiger partial charge in [0.05, 0.1) is 22.2 Å². The molecule has 0 saturated heterocycles. The van der Waals surface area contributed by atoms with E-state index in [4.69, 9.17) is 4.74 Å². The van der Waals surface area contributed by atoms with Gasteiger partial charge >= 0.3 is 5.97 Å². The first-order valence-electron chi connectivity index (χ1n) is 11.4. The maximum atomic E-state index is 13.3. The third kappa shape index (κ3) is 5.43. The molecule has 4 rings (SSSR count). The highest BCUT2D eigenvalue weighted by Gasteiger charge is 2.34. The van der Waals surface area contributed by atoms with Gasteiger partial charge in [0.2, 0.25) is 0 Å². The smallest absolute Gasteiger partial charge is 0.340 e. The van der Waals surface area contributed by atoms with E-state index >= 15 is 0 Å². The Balaban J connectivity index is 0.00000324. The zero-order valence-corrected chi connectivity index (χ0v) is 23.2. The fourth-order valence-corrected chi connectivity index (χ4v) is 5.86. The zero-order valence-electron chi connectivity index (χ0n) is 20.0. The van der Waals surface area contributed by atoms with Crippen molar-refractivity contribution in [1.82, 2.24) is 9.47 Å². The molecule has 0 spiro atoms. The standard InChI is InChI=1S/C26H31BrN2O3S.ClH/c1-5-32-26(31)24-22(15-33-16(2)17-9-7-6-8-10-17)29(18-11-12-18)21-13-20(27)25(30)19(23(21)24)14-28(3)4;/h6-10,13,16,18,30H,5,11-12,14-15H2,1-4H3;1H. The lowest BCUT2D eigenvalue weighted by molar-refractivity contribution is 0.0527. The highest BCUT2D eigenvalue weighted by atomic mass is 79.9. The van der Waals surface area contributed by atoms with Crippen LogP contribution in [0.15, 0.2) is 40.9 Å². The molecule has 184 valence electrons. The second kappa shape index (κ2) is 11.4. The van der Waals surface area contributed by atoms with Crippen LogP contribution in [0.3, 0.4) is 0 Å². The van der Waals surface area contributed by atoms with Crippen molar-refractivity contribution >= 4 is 57.0 Å². The Hall–Kier alpha value is -1.67. The first kappa shape index (κ1) is 26.9. The van der Waals surface area contributed by atoms with E-state index < -0.39 is 0 Å². The molecular weight excluding hydrogens is 536 g/mol. The number of rotatable bonds is 9. The maximum Gasteiger partial charge on any atom is 0.340 e. The summed E-state index contributed by atoms with van der Waals surface area (Å²) < 4.78 is 8.52. The summed E-state index contributed by atoms with van der Waals surface area (Å²) in [6.45, 7) is 4.87. The van der Waals surface area contributed by atoms with E-state index in [2.05, 4.69) is 51.7 Å². The zero-order chi connectivity index (χ0) is 23.7. The van der Waals surface area contributed by atoms with E-state index in [-0.39, 0.29) is 29.4 Å². The topological polar surface area (TPSA) is 54.7 Å². The molecule has 0 aliphatic heterocycles. The van der Waals surface area contributed by atoms with Gasteiger partial charge in [-0.3, -0.25) is 0 Å². The van der Waals surface area contributed by atoms with Crippen molar-refractivity contribution in [3.63, 3.8) is 0 Å². The van der Waals surface area contributed by atoms with Gasteiger partial charge in [0.15, 0.2) is 0 Å². The number of aromatic hydroxyl groups is 1. The monoisotopic (exact) mass is 566 g/mol. The van der Waals surface area contributed by atoms with Gasteiger partial charge in [0.25, 0.3) is 0 Å². The highest BCUT2D eigenvalue weighted by Crippen LogP contribution is 2.47. The quantitative estimate of drug-likeness (QED) is 0.280. The number of esters is 1. The van der Waals surface area contributed by atoms with Crippen molar-refractivity contribution in [2.24, 2.45) is 0 Å². The van der Waals surface area contributed by atoms with Gasteiger partial charge in [-0.25, -0.2) is 4.79 Å². The fraction of sp³-hybridized carbons (Fsp3) is 0.423. The van der Waals surface area contributed by atoms with E-state index in [1.54, 1.807) is 0 Å². The second-order valence-electron chi connectivity index (χ2n) is 8.82. The molecule has 1 unspecified atom stereocenters. The molecule has 1 fully saturated rings. The molecule has 8 heteroatoms. The van der Waals surface area contributed by atoms with Crippen LogP contribution in [0.1, 0.15) is 65.2 Å². The van der Waals surface area contributed by atoms with Crippen molar-refractivity contribution in [2.75, 3.05) is 20.7 Å². The van der Waals surface area contributed by atoms with Gasteiger partial charge in [-0.05, 0) is 68.3 Å². The van der Waals surface area contributed by atoms with E-state index in [9.17, 15) is 9.90 Å². The molecule has 1 atom stereocenters. The summed E-state index contributed by atoms with van der Waals surface area (Å²) >= 11 is 5.37. The van der Waals surface area contributed by atoms with E-state index in [0.717, 1.165) is 35.0 Å². The molecule has 0 amide bonds. The molecule has 1 N–H and O–H groups in total. The number of halogens is 2. The molecule has 1 aromatic heterocycles. The Kier molecular flexibility index (Phi) is 9.01. The van der Waals surface area contributed by atoms with Gasteiger partial charge in [0, 0.05) is 40.2 Å². The molecule has 1 aliphatic rings. The number of thioether (sulfide) groups is 1. The number of carbonyl (C=O) groups excluding carboxylic acids is 1. The molecule has 1 saturated carbocycles. The number of carbonyl (C=O) groups is 1. The average molecular weight is 568 g/mol. The van der Waals surface area contributed by atoms with E-state index in [1.165, 1.54) is 5.56 Å². The number of phenolic OH excluding ortho intramolecular Hbond substituents is 1. The van der Waals surface area contributed by atoms with Crippen molar-refractivity contribution < 1.29 is 14.6 Å². The Labute approximate surface area is 220 Å². The summed E-state index contributed by atoms with van der Waals surface area (Å²) in [5.41, 5.74) is 4.62. The van der Waals surface area contributed by atoms with Gasteiger partial charge in [0.1, 0.15) is 5.75 Å².